The summed E-state index contributed by atoms with van der Waals surface area (Å²) >= 11 is 0. The average Bonchev–Trinajstić information content (AvgIpc) is 2.57. The lowest BCUT2D eigenvalue weighted by Crippen LogP contribution is -2.12. The Morgan fingerprint density at radius 3 is 2.18 bits per heavy atom. The molecule has 0 fully saturated rings. The molecule has 0 aliphatic rings. The molecule has 0 bridgehead atoms. The van der Waals surface area contributed by atoms with Crippen molar-refractivity contribution in [3.8, 4) is 22.6 Å². The summed E-state index contributed by atoms with van der Waals surface area (Å²) in [6.45, 7) is 0. The van der Waals surface area contributed by atoms with Gasteiger partial charge in [-0.2, -0.15) is 0 Å². The number of aromatic nitrogens is 1. The zero-order valence-electron chi connectivity index (χ0n) is 12.8. The first kappa shape index (κ1) is 14.2. The standard InChI is InChI=1S/C18H17NO3/c1-19-11-13(12-7-5-4-6-8-12)18(20)16-14(21-2)9-10-15(22-3)17(16)19/h4-11H,1-3H3. The predicted molar refractivity (Wildman–Crippen MR) is 87.7 cm³/mol. The van der Waals surface area contributed by atoms with E-state index in [1.54, 1.807) is 20.3 Å². The van der Waals surface area contributed by atoms with Crippen LogP contribution in [0.5, 0.6) is 11.5 Å². The average molecular weight is 295 g/mol. The minimum absolute atomic E-state index is 0.0601. The lowest BCUT2D eigenvalue weighted by Gasteiger charge is -2.14. The van der Waals surface area contributed by atoms with Crippen LogP contribution in [0.25, 0.3) is 22.0 Å². The number of methoxy groups -OCH3 is 2. The van der Waals surface area contributed by atoms with Crippen LogP contribution >= 0.6 is 0 Å². The van der Waals surface area contributed by atoms with Gasteiger partial charge in [-0.1, -0.05) is 30.3 Å². The van der Waals surface area contributed by atoms with Gasteiger partial charge in [0.05, 0.1) is 25.1 Å². The molecule has 0 spiro atoms. The number of ether oxygens (including phenoxy) is 2. The molecule has 4 nitrogen and oxygen atoms in total. The molecule has 0 saturated carbocycles. The second kappa shape index (κ2) is 5.56. The van der Waals surface area contributed by atoms with Crippen molar-refractivity contribution in [2.75, 3.05) is 14.2 Å². The topological polar surface area (TPSA) is 40.5 Å². The quantitative estimate of drug-likeness (QED) is 0.745. The summed E-state index contributed by atoms with van der Waals surface area (Å²) in [5.74, 6) is 1.20. The largest absolute Gasteiger partial charge is 0.496 e. The van der Waals surface area contributed by atoms with Gasteiger partial charge in [0.25, 0.3) is 0 Å². The van der Waals surface area contributed by atoms with Gasteiger partial charge in [0, 0.05) is 18.8 Å². The van der Waals surface area contributed by atoms with Crippen LogP contribution < -0.4 is 14.9 Å². The van der Waals surface area contributed by atoms with Crippen molar-refractivity contribution >= 4 is 10.9 Å². The molecule has 3 rings (SSSR count). The summed E-state index contributed by atoms with van der Waals surface area (Å²) in [7, 11) is 5.06. The second-order valence-corrected chi connectivity index (χ2v) is 5.04. The summed E-state index contributed by atoms with van der Waals surface area (Å²) in [6.07, 6.45) is 1.84. The van der Waals surface area contributed by atoms with Gasteiger partial charge >= 0.3 is 0 Å². The lowest BCUT2D eigenvalue weighted by molar-refractivity contribution is 0.408. The van der Waals surface area contributed by atoms with Crippen LogP contribution in [-0.2, 0) is 7.05 Å². The maximum atomic E-state index is 13.0. The molecule has 0 aliphatic heterocycles. The van der Waals surface area contributed by atoms with Gasteiger partial charge in [-0.15, -0.1) is 0 Å². The van der Waals surface area contributed by atoms with Crippen LogP contribution in [0.2, 0.25) is 0 Å². The van der Waals surface area contributed by atoms with Crippen molar-refractivity contribution in [2.45, 2.75) is 0 Å². The number of rotatable bonds is 3. The molecule has 22 heavy (non-hydrogen) atoms. The van der Waals surface area contributed by atoms with Gasteiger partial charge in [0.1, 0.15) is 11.5 Å². The minimum Gasteiger partial charge on any atom is -0.496 e. The van der Waals surface area contributed by atoms with E-state index >= 15 is 0 Å². The molecule has 2 aromatic carbocycles. The third-order valence-electron chi connectivity index (χ3n) is 3.77. The van der Waals surface area contributed by atoms with E-state index in [1.807, 2.05) is 54.2 Å². The molecule has 0 aliphatic carbocycles. The van der Waals surface area contributed by atoms with Crippen LogP contribution in [-0.4, -0.2) is 18.8 Å². The number of hydrogen-bond acceptors (Lipinski definition) is 3. The lowest BCUT2D eigenvalue weighted by atomic mass is 10.0. The first-order valence-electron chi connectivity index (χ1n) is 6.97. The summed E-state index contributed by atoms with van der Waals surface area (Å²) < 4.78 is 12.7. The smallest absolute Gasteiger partial charge is 0.201 e. The molecule has 0 atom stereocenters. The third kappa shape index (κ3) is 2.13. The zero-order valence-corrected chi connectivity index (χ0v) is 12.8. The van der Waals surface area contributed by atoms with E-state index in [-0.39, 0.29) is 5.43 Å². The van der Waals surface area contributed by atoms with Crippen LogP contribution in [0.3, 0.4) is 0 Å². The minimum atomic E-state index is -0.0601. The summed E-state index contributed by atoms with van der Waals surface area (Å²) in [4.78, 5) is 13.0. The Morgan fingerprint density at radius 2 is 1.55 bits per heavy atom. The fraction of sp³-hybridized carbons (Fsp3) is 0.167. The highest BCUT2D eigenvalue weighted by Gasteiger charge is 2.16. The predicted octanol–water partition coefficient (Wildman–Crippen LogP) is 3.22. The maximum absolute atomic E-state index is 13.0. The number of fused-ring (bicyclic) bond motifs is 1. The Hall–Kier alpha value is -2.75. The van der Waals surface area contributed by atoms with Crippen molar-refractivity contribution in [1.82, 2.24) is 4.57 Å². The van der Waals surface area contributed by atoms with Crippen molar-refractivity contribution in [2.24, 2.45) is 7.05 Å². The fourth-order valence-corrected chi connectivity index (χ4v) is 2.73. The third-order valence-corrected chi connectivity index (χ3v) is 3.77. The first-order chi connectivity index (χ1) is 10.7. The zero-order chi connectivity index (χ0) is 15.7. The molecule has 1 aromatic heterocycles. The molecule has 112 valence electrons. The van der Waals surface area contributed by atoms with Crippen LogP contribution in [0.1, 0.15) is 0 Å². The summed E-state index contributed by atoms with van der Waals surface area (Å²) in [6, 6.07) is 13.2. The molecule has 0 radical (unpaired) electrons. The van der Waals surface area contributed by atoms with Crippen LogP contribution in [0.15, 0.2) is 53.5 Å². The maximum Gasteiger partial charge on any atom is 0.201 e. The molecule has 0 N–H and O–H groups in total. The normalized spacial score (nSPS) is 10.7. The number of pyridine rings is 1. The van der Waals surface area contributed by atoms with E-state index in [0.29, 0.717) is 22.4 Å². The van der Waals surface area contributed by atoms with E-state index < -0.39 is 0 Å². The number of hydrogen-bond donors (Lipinski definition) is 0. The monoisotopic (exact) mass is 295 g/mol. The van der Waals surface area contributed by atoms with Gasteiger partial charge in [0.2, 0.25) is 5.43 Å². The van der Waals surface area contributed by atoms with E-state index in [9.17, 15) is 4.79 Å². The van der Waals surface area contributed by atoms with Gasteiger partial charge in [-0.05, 0) is 17.7 Å². The molecule has 0 saturated heterocycles. The second-order valence-electron chi connectivity index (χ2n) is 5.04. The molecular weight excluding hydrogens is 278 g/mol. The van der Waals surface area contributed by atoms with Crippen LogP contribution in [0, 0.1) is 0 Å². The molecule has 3 aromatic rings. The van der Waals surface area contributed by atoms with Gasteiger partial charge in [-0.25, -0.2) is 0 Å². The van der Waals surface area contributed by atoms with E-state index in [4.69, 9.17) is 9.47 Å². The van der Waals surface area contributed by atoms with E-state index in [2.05, 4.69) is 0 Å². The highest BCUT2D eigenvalue weighted by Crippen LogP contribution is 2.32. The Bertz CT molecular complexity index is 882. The van der Waals surface area contributed by atoms with Crippen molar-refractivity contribution in [3.05, 3.63) is 58.9 Å². The fourth-order valence-electron chi connectivity index (χ4n) is 2.73. The highest BCUT2D eigenvalue weighted by atomic mass is 16.5. The van der Waals surface area contributed by atoms with E-state index in [1.165, 1.54) is 0 Å². The molecular formula is C18H17NO3. The SMILES string of the molecule is COc1ccc(OC)c2c1c(=O)c(-c1ccccc1)cn2C. The van der Waals surface area contributed by atoms with Gasteiger partial charge < -0.3 is 14.0 Å². The molecule has 0 amide bonds. The summed E-state index contributed by atoms with van der Waals surface area (Å²) in [5.41, 5.74) is 2.19. The number of aryl methyl sites for hydroxylation is 1. The number of nitrogens with zero attached hydrogens (tertiary/aromatic N) is 1. The highest BCUT2D eigenvalue weighted by molar-refractivity contribution is 5.93. The van der Waals surface area contributed by atoms with E-state index in [0.717, 1.165) is 11.1 Å². The van der Waals surface area contributed by atoms with Crippen molar-refractivity contribution in [1.29, 1.82) is 0 Å². The summed E-state index contributed by atoms with van der Waals surface area (Å²) in [5, 5.41) is 0.533. The Morgan fingerprint density at radius 1 is 0.909 bits per heavy atom. The Kier molecular flexibility index (Phi) is 3.59. The van der Waals surface area contributed by atoms with Gasteiger partial charge in [0.15, 0.2) is 0 Å². The van der Waals surface area contributed by atoms with Crippen LogP contribution in [0.4, 0.5) is 0 Å². The Labute approximate surface area is 128 Å². The van der Waals surface area contributed by atoms with Crippen molar-refractivity contribution in [3.63, 3.8) is 0 Å². The molecule has 1 heterocycles. The number of benzene rings is 2. The molecule has 4 heteroatoms. The first-order valence-corrected chi connectivity index (χ1v) is 6.97. The van der Waals surface area contributed by atoms with Gasteiger partial charge in [-0.3, -0.25) is 4.79 Å². The van der Waals surface area contributed by atoms with Crippen molar-refractivity contribution < 1.29 is 9.47 Å². The Balaban J connectivity index is 2.45. The molecule has 0 unspecified atom stereocenters.